The number of non-ortho nitro benzene ring substituents is 1. The molecule has 106 valence electrons. The van der Waals surface area contributed by atoms with E-state index in [1.807, 2.05) is 0 Å². The van der Waals surface area contributed by atoms with Gasteiger partial charge in [0.1, 0.15) is 0 Å². The molecule has 10 heteroatoms. The topological polar surface area (TPSA) is 141 Å². The normalized spacial score (nSPS) is 12.2. The van der Waals surface area contributed by atoms with Crippen molar-refractivity contribution in [3.8, 4) is 0 Å². The molecule has 0 radical (unpaired) electrons. The fourth-order valence-electron chi connectivity index (χ4n) is 1.62. The summed E-state index contributed by atoms with van der Waals surface area (Å²) >= 11 is 0. The Morgan fingerprint density at radius 1 is 1.55 bits per heavy atom. The summed E-state index contributed by atoms with van der Waals surface area (Å²) < 4.78 is 9.24. The van der Waals surface area contributed by atoms with E-state index in [2.05, 4.69) is 20.3 Å². The molecular formula is C10H10N4O6. The fraction of sp³-hybridized carbons (Fsp3) is 0.300. The number of hydrogen-bond acceptors (Lipinski definition) is 8. The minimum atomic E-state index is -1.13. The molecule has 0 aliphatic carbocycles. The number of nitrogens with one attached hydrogen (secondary N) is 1. The van der Waals surface area contributed by atoms with E-state index in [1.165, 1.54) is 19.2 Å². The predicted octanol–water partition coefficient (Wildman–Crippen LogP) is 0.642. The first-order valence-electron chi connectivity index (χ1n) is 5.43. The van der Waals surface area contributed by atoms with Crippen LogP contribution in [-0.4, -0.2) is 46.1 Å². The molecule has 0 spiro atoms. The van der Waals surface area contributed by atoms with E-state index in [9.17, 15) is 14.9 Å². The van der Waals surface area contributed by atoms with Gasteiger partial charge in [0.05, 0.1) is 17.2 Å². The molecule has 2 N–H and O–H groups in total. The number of benzene rings is 1. The number of carboxylic acids is 1. The van der Waals surface area contributed by atoms with Crippen molar-refractivity contribution >= 4 is 28.4 Å². The molecule has 0 aliphatic rings. The van der Waals surface area contributed by atoms with Crippen molar-refractivity contribution in [1.82, 2.24) is 10.3 Å². The van der Waals surface area contributed by atoms with Gasteiger partial charge >= 0.3 is 11.7 Å². The maximum atomic E-state index is 10.8. The number of nitrogens with zero attached hydrogens (tertiary/aromatic N) is 3. The number of nitro groups is 1. The summed E-state index contributed by atoms with van der Waals surface area (Å²) in [6.45, 7) is -0.0361. The van der Waals surface area contributed by atoms with Crippen LogP contribution >= 0.6 is 0 Å². The van der Waals surface area contributed by atoms with Crippen LogP contribution in [0.15, 0.2) is 16.8 Å². The lowest BCUT2D eigenvalue weighted by Gasteiger charge is -2.12. The van der Waals surface area contributed by atoms with Crippen molar-refractivity contribution in [2.24, 2.45) is 0 Å². The summed E-state index contributed by atoms with van der Waals surface area (Å²) in [4.78, 5) is 21.0. The molecule has 10 nitrogen and oxygen atoms in total. The van der Waals surface area contributed by atoms with Crippen LogP contribution in [0.2, 0.25) is 0 Å². The van der Waals surface area contributed by atoms with E-state index in [4.69, 9.17) is 9.84 Å². The molecular weight excluding hydrogens is 272 g/mol. The third-order valence-electron chi connectivity index (χ3n) is 2.63. The van der Waals surface area contributed by atoms with Crippen molar-refractivity contribution < 1.29 is 24.2 Å². The monoisotopic (exact) mass is 282 g/mol. The average molecular weight is 282 g/mol. The van der Waals surface area contributed by atoms with Crippen molar-refractivity contribution in [3.63, 3.8) is 0 Å². The van der Waals surface area contributed by atoms with Gasteiger partial charge in [-0.3, -0.25) is 10.1 Å². The van der Waals surface area contributed by atoms with Crippen LogP contribution in [0.4, 0.5) is 11.4 Å². The van der Waals surface area contributed by atoms with Crippen molar-refractivity contribution in [3.05, 3.63) is 22.2 Å². The molecule has 0 saturated carbocycles. The molecule has 0 saturated heterocycles. The quantitative estimate of drug-likeness (QED) is 0.576. The number of nitro benzene ring substituents is 1. The molecule has 1 atom stereocenters. The first kappa shape index (κ1) is 13.7. The minimum Gasteiger partial charge on any atom is -0.479 e. The number of anilines is 1. The Balaban J connectivity index is 2.28. The number of carbonyl (C=O) groups is 1. The van der Waals surface area contributed by atoms with Crippen LogP contribution in [0, 0.1) is 10.1 Å². The van der Waals surface area contributed by atoms with Crippen molar-refractivity contribution in [1.29, 1.82) is 0 Å². The van der Waals surface area contributed by atoms with Gasteiger partial charge in [0.2, 0.25) is 5.52 Å². The number of hydrogen-bond donors (Lipinski definition) is 2. The number of carboxylic acid groups (broad SMARTS) is 1. The number of methoxy groups -OCH3 is 1. The number of aliphatic carboxylic acids is 1. The van der Waals surface area contributed by atoms with Gasteiger partial charge in [-0.25, -0.2) is 9.42 Å². The van der Waals surface area contributed by atoms with E-state index in [0.717, 1.165) is 0 Å². The van der Waals surface area contributed by atoms with Gasteiger partial charge in [-0.05, 0) is 16.4 Å². The molecule has 1 aromatic heterocycles. The minimum absolute atomic E-state index is 0.00991. The van der Waals surface area contributed by atoms with E-state index in [1.54, 1.807) is 0 Å². The highest BCUT2D eigenvalue weighted by molar-refractivity contribution is 5.93. The third kappa shape index (κ3) is 2.49. The average Bonchev–Trinajstić information content (AvgIpc) is 2.87. The molecule has 2 aromatic rings. The summed E-state index contributed by atoms with van der Waals surface area (Å²) in [5.41, 5.74) is 0.271. The number of fused-ring (bicyclic) bond motifs is 1. The molecule has 0 fully saturated rings. The Hall–Kier alpha value is -2.75. The van der Waals surface area contributed by atoms with Crippen LogP contribution in [-0.2, 0) is 9.53 Å². The first-order valence-corrected chi connectivity index (χ1v) is 5.43. The van der Waals surface area contributed by atoms with Crippen LogP contribution < -0.4 is 5.32 Å². The smallest absolute Gasteiger partial charge is 0.334 e. The lowest BCUT2D eigenvalue weighted by atomic mass is 10.2. The molecule has 0 bridgehead atoms. The van der Waals surface area contributed by atoms with Gasteiger partial charge in [-0.1, -0.05) is 0 Å². The molecule has 1 aromatic carbocycles. The summed E-state index contributed by atoms with van der Waals surface area (Å²) in [5.74, 6) is -1.13. The van der Waals surface area contributed by atoms with Gasteiger partial charge in [-0.15, -0.1) is 0 Å². The van der Waals surface area contributed by atoms with Gasteiger partial charge in [-0.2, -0.15) is 0 Å². The Morgan fingerprint density at radius 2 is 2.25 bits per heavy atom. The molecule has 1 heterocycles. The second-order valence-electron chi connectivity index (χ2n) is 3.79. The zero-order chi connectivity index (χ0) is 14.7. The van der Waals surface area contributed by atoms with E-state index < -0.39 is 17.0 Å². The van der Waals surface area contributed by atoms with E-state index >= 15 is 0 Å². The summed E-state index contributed by atoms with van der Waals surface area (Å²) in [7, 11) is 1.27. The van der Waals surface area contributed by atoms with Gasteiger partial charge in [0.25, 0.3) is 0 Å². The summed E-state index contributed by atoms with van der Waals surface area (Å²) in [6, 6.07) is 2.64. The maximum Gasteiger partial charge on any atom is 0.334 e. The van der Waals surface area contributed by atoms with Gasteiger partial charge in [0.15, 0.2) is 11.6 Å². The molecule has 0 amide bonds. The van der Waals surface area contributed by atoms with Crippen LogP contribution in [0.3, 0.4) is 0 Å². The van der Waals surface area contributed by atoms with Crippen LogP contribution in [0.1, 0.15) is 0 Å². The second-order valence-corrected chi connectivity index (χ2v) is 3.79. The fourth-order valence-corrected chi connectivity index (χ4v) is 1.62. The molecule has 0 aliphatic heterocycles. The van der Waals surface area contributed by atoms with E-state index in [-0.39, 0.29) is 23.3 Å². The third-order valence-corrected chi connectivity index (χ3v) is 2.63. The lowest BCUT2D eigenvalue weighted by molar-refractivity contribution is -0.383. The highest BCUT2D eigenvalue weighted by Crippen LogP contribution is 2.28. The highest BCUT2D eigenvalue weighted by Gasteiger charge is 2.21. The van der Waals surface area contributed by atoms with E-state index in [0.29, 0.717) is 5.69 Å². The Bertz CT molecular complexity index is 654. The van der Waals surface area contributed by atoms with Crippen LogP contribution in [0.5, 0.6) is 0 Å². The van der Waals surface area contributed by atoms with Gasteiger partial charge in [0, 0.05) is 13.2 Å². The zero-order valence-electron chi connectivity index (χ0n) is 10.3. The SMILES string of the molecule is COC(CNc1ccc([N+](=O)[O-])c2nonc12)C(=O)O. The summed E-state index contributed by atoms with van der Waals surface area (Å²) in [5, 5.41) is 29.5. The predicted molar refractivity (Wildman–Crippen MR) is 65.4 cm³/mol. The van der Waals surface area contributed by atoms with Crippen molar-refractivity contribution in [2.75, 3.05) is 19.0 Å². The first-order chi connectivity index (χ1) is 9.54. The second kappa shape index (κ2) is 5.48. The molecule has 2 rings (SSSR count). The molecule has 1 unspecified atom stereocenters. The maximum absolute atomic E-state index is 10.8. The summed E-state index contributed by atoms with van der Waals surface area (Å²) in [6.07, 6.45) is -1.06. The highest BCUT2D eigenvalue weighted by atomic mass is 16.6. The van der Waals surface area contributed by atoms with Crippen molar-refractivity contribution in [2.45, 2.75) is 6.10 Å². The zero-order valence-corrected chi connectivity index (χ0v) is 10.3. The largest absolute Gasteiger partial charge is 0.479 e. The van der Waals surface area contributed by atoms with Crippen LogP contribution in [0.25, 0.3) is 11.0 Å². The Kier molecular flexibility index (Phi) is 3.75. The molecule has 20 heavy (non-hydrogen) atoms. The number of rotatable bonds is 6. The van der Waals surface area contributed by atoms with Gasteiger partial charge < -0.3 is 15.2 Å². The lowest BCUT2D eigenvalue weighted by Crippen LogP contribution is -2.30. The standard InChI is InChI=1S/C10H10N4O6/c1-19-7(10(15)16)4-11-5-2-3-6(14(17)18)9-8(5)12-20-13-9/h2-3,7,11H,4H2,1H3,(H,15,16). The number of ether oxygens (including phenoxy) is 1. The Morgan fingerprint density at radius 3 is 2.85 bits per heavy atom. The number of aromatic nitrogens is 2. The Labute approximate surface area is 111 Å².